The monoisotopic (exact) mass is 341 g/mol. The summed E-state index contributed by atoms with van der Waals surface area (Å²) in [6.45, 7) is 0.0617. The molecular weight excluding hydrogens is 330 g/mol. The van der Waals surface area contributed by atoms with E-state index in [1.165, 1.54) is 12.1 Å². The van der Waals surface area contributed by atoms with Crippen molar-refractivity contribution in [2.75, 3.05) is 6.26 Å². The van der Waals surface area contributed by atoms with Gasteiger partial charge in [0.05, 0.1) is 17.3 Å². The molecule has 0 aliphatic carbocycles. The lowest BCUT2D eigenvalue weighted by Gasteiger charge is -2.07. The fourth-order valence-electron chi connectivity index (χ4n) is 1.64. The summed E-state index contributed by atoms with van der Waals surface area (Å²) in [5.74, 6) is -0.812. The minimum Gasteiger partial charge on any atom is -0.505 e. The summed E-state index contributed by atoms with van der Waals surface area (Å²) in [6, 6.07) is 4.32. The van der Waals surface area contributed by atoms with Crippen LogP contribution in [0.25, 0.3) is 0 Å². The number of carbonyl (C=O) groups is 1. The number of rotatable bonds is 4. The molecule has 7 nitrogen and oxygen atoms in total. The van der Waals surface area contributed by atoms with E-state index in [9.17, 15) is 13.2 Å². The van der Waals surface area contributed by atoms with Crippen molar-refractivity contribution < 1.29 is 18.3 Å². The lowest BCUT2D eigenvalue weighted by molar-refractivity contribution is 0.0940. The molecule has 0 aliphatic heterocycles. The first kappa shape index (κ1) is 16.2. The zero-order chi connectivity index (χ0) is 16.3. The average molecular weight is 342 g/mol. The van der Waals surface area contributed by atoms with Crippen molar-refractivity contribution in [2.24, 2.45) is 0 Å². The molecule has 0 fully saturated rings. The summed E-state index contributed by atoms with van der Waals surface area (Å²) in [6.07, 6.45) is 3.28. The van der Waals surface area contributed by atoms with Crippen LogP contribution in [-0.4, -0.2) is 35.7 Å². The Hall–Kier alpha value is -2.19. The molecule has 0 saturated heterocycles. The SMILES string of the molecule is CS(=O)(=O)c1cc(Cl)cc(CNC(=O)c2ncc(O)cn2)c1. The van der Waals surface area contributed by atoms with Gasteiger partial charge in [0.2, 0.25) is 5.82 Å². The first-order chi connectivity index (χ1) is 10.3. The van der Waals surface area contributed by atoms with Gasteiger partial charge in [-0.3, -0.25) is 4.79 Å². The van der Waals surface area contributed by atoms with Crippen LogP contribution in [-0.2, 0) is 16.4 Å². The van der Waals surface area contributed by atoms with Gasteiger partial charge < -0.3 is 10.4 Å². The molecule has 0 unspecified atom stereocenters. The van der Waals surface area contributed by atoms with Gasteiger partial charge in [0.25, 0.3) is 5.91 Å². The van der Waals surface area contributed by atoms with E-state index in [0.29, 0.717) is 5.56 Å². The van der Waals surface area contributed by atoms with Crippen molar-refractivity contribution in [2.45, 2.75) is 11.4 Å². The second-order valence-electron chi connectivity index (χ2n) is 4.51. The van der Waals surface area contributed by atoms with Crippen molar-refractivity contribution >= 4 is 27.3 Å². The third kappa shape index (κ3) is 4.15. The van der Waals surface area contributed by atoms with Crippen molar-refractivity contribution in [3.05, 3.63) is 47.0 Å². The third-order valence-corrected chi connectivity index (χ3v) is 3.96. The highest BCUT2D eigenvalue weighted by Crippen LogP contribution is 2.19. The highest BCUT2D eigenvalue weighted by molar-refractivity contribution is 7.90. The van der Waals surface area contributed by atoms with Crippen LogP contribution in [0.5, 0.6) is 5.75 Å². The number of amides is 1. The molecule has 2 aromatic rings. The minimum absolute atomic E-state index is 0.0617. The Kier molecular flexibility index (Phi) is 4.62. The molecule has 0 atom stereocenters. The number of sulfone groups is 1. The summed E-state index contributed by atoms with van der Waals surface area (Å²) in [5, 5.41) is 11.9. The lowest BCUT2D eigenvalue weighted by atomic mass is 10.2. The largest absolute Gasteiger partial charge is 0.505 e. The van der Waals surface area contributed by atoms with Crippen molar-refractivity contribution in [3.63, 3.8) is 0 Å². The lowest BCUT2D eigenvalue weighted by Crippen LogP contribution is -2.24. The second kappa shape index (κ2) is 6.29. The summed E-state index contributed by atoms with van der Waals surface area (Å²) in [7, 11) is -3.39. The average Bonchev–Trinajstić information content (AvgIpc) is 2.44. The van der Waals surface area contributed by atoms with E-state index in [1.54, 1.807) is 6.07 Å². The van der Waals surface area contributed by atoms with Gasteiger partial charge in [0.1, 0.15) is 0 Å². The van der Waals surface area contributed by atoms with Crippen LogP contribution < -0.4 is 5.32 Å². The van der Waals surface area contributed by atoms with E-state index in [0.717, 1.165) is 18.6 Å². The fraction of sp³-hybridized carbons (Fsp3) is 0.154. The van der Waals surface area contributed by atoms with Gasteiger partial charge in [0, 0.05) is 17.8 Å². The molecule has 2 rings (SSSR count). The first-order valence-corrected chi connectivity index (χ1v) is 8.31. The molecule has 1 amide bonds. The minimum atomic E-state index is -3.39. The van der Waals surface area contributed by atoms with Gasteiger partial charge in [-0.1, -0.05) is 11.6 Å². The molecule has 116 valence electrons. The van der Waals surface area contributed by atoms with Crippen molar-refractivity contribution in [1.29, 1.82) is 0 Å². The summed E-state index contributed by atoms with van der Waals surface area (Å²) >= 11 is 5.88. The number of hydrogen-bond donors (Lipinski definition) is 2. The predicted octanol–water partition coefficient (Wildman–Crippen LogP) is 1.17. The molecule has 0 aliphatic rings. The van der Waals surface area contributed by atoms with Gasteiger partial charge in [0.15, 0.2) is 15.6 Å². The quantitative estimate of drug-likeness (QED) is 0.864. The Balaban J connectivity index is 2.13. The Morgan fingerprint density at radius 1 is 1.27 bits per heavy atom. The van der Waals surface area contributed by atoms with Crippen LogP contribution in [0, 0.1) is 0 Å². The molecule has 2 N–H and O–H groups in total. The Bertz CT molecular complexity index is 807. The van der Waals surface area contributed by atoms with E-state index < -0.39 is 15.7 Å². The topological polar surface area (TPSA) is 109 Å². The Morgan fingerprint density at radius 3 is 2.50 bits per heavy atom. The smallest absolute Gasteiger partial charge is 0.289 e. The molecule has 1 aromatic heterocycles. The van der Waals surface area contributed by atoms with Crippen LogP contribution in [0.3, 0.4) is 0 Å². The summed E-state index contributed by atoms with van der Waals surface area (Å²) in [5.41, 5.74) is 0.528. The standard InChI is InChI=1S/C13H12ClN3O4S/c1-22(20,21)11-3-8(2-9(14)4-11)5-17-13(19)12-15-6-10(18)7-16-12/h2-4,6-7,18H,5H2,1H3,(H,17,19). The number of nitrogens with zero attached hydrogens (tertiary/aromatic N) is 2. The van der Waals surface area contributed by atoms with Gasteiger partial charge >= 0.3 is 0 Å². The van der Waals surface area contributed by atoms with Gasteiger partial charge in [-0.15, -0.1) is 0 Å². The molecule has 9 heteroatoms. The molecule has 0 radical (unpaired) electrons. The third-order valence-electron chi connectivity index (χ3n) is 2.65. The first-order valence-electron chi connectivity index (χ1n) is 6.04. The Morgan fingerprint density at radius 2 is 1.91 bits per heavy atom. The fourth-order valence-corrected chi connectivity index (χ4v) is 2.67. The van der Waals surface area contributed by atoms with Crippen LogP contribution >= 0.6 is 11.6 Å². The van der Waals surface area contributed by atoms with E-state index in [2.05, 4.69) is 15.3 Å². The maximum Gasteiger partial charge on any atom is 0.289 e. The normalized spacial score (nSPS) is 11.2. The van der Waals surface area contributed by atoms with Gasteiger partial charge in [-0.05, 0) is 23.8 Å². The number of nitrogens with one attached hydrogen (secondary N) is 1. The van der Waals surface area contributed by atoms with E-state index in [-0.39, 0.29) is 28.0 Å². The van der Waals surface area contributed by atoms with Crippen molar-refractivity contribution in [3.8, 4) is 5.75 Å². The van der Waals surface area contributed by atoms with Gasteiger partial charge in [-0.2, -0.15) is 0 Å². The Labute approximate surface area is 131 Å². The van der Waals surface area contributed by atoms with E-state index in [4.69, 9.17) is 16.7 Å². The molecule has 22 heavy (non-hydrogen) atoms. The van der Waals surface area contributed by atoms with Crippen molar-refractivity contribution in [1.82, 2.24) is 15.3 Å². The zero-order valence-electron chi connectivity index (χ0n) is 11.4. The van der Waals surface area contributed by atoms with Crippen LogP contribution in [0.4, 0.5) is 0 Å². The van der Waals surface area contributed by atoms with Crippen LogP contribution in [0.15, 0.2) is 35.5 Å². The molecule has 0 saturated carbocycles. The van der Waals surface area contributed by atoms with Crippen LogP contribution in [0.1, 0.15) is 16.2 Å². The van der Waals surface area contributed by atoms with E-state index in [1.807, 2.05) is 0 Å². The number of halogens is 1. The highest BCUT2D eigenvalue weighted by atomic mass is 35.5. The highest BCUT2D eigenvalue weighted by Gasteiger charge is 2.12. The second-order valence-corrected chi connectivity index (χ2v) is 6.97. The molecule has 0 spiro atoms. The predicted molar refractivity (Wildman–Crippen MR) is 79.4 cm³/mol. The number of aromatic hydroxyl groups is 1. The molecule has 1 aromatic carbocycles. The van der Waals surface area contributed by atoms with E-state index >= 15 is 0 Å². The molecular formula is C13H12ClN3O4S. The summed E-state index contributed by atoms with van der Waals surface area (Å²) in [4.78, 5) is 19.2. The number of hydrogen-bond acceptors (Lipinski definition) is 6. The molecule has 0 bridgehead atoms. The number of benzene rings is 1. The maximum absolute atomic E-state index is 11.8. The number of carbonyl (C=O) groups excluding carboxylic acids is 1. The zero-order valence-corrected chi connectivity index (χ0v) is 13.0. The molecule has 1 heterocycles. The van der Waals surface area contributed by atoms with Crippen LogP contribution in [0.2, 0.25) is 5.02 Å². The maximum atomic E-state index is 11.8. The summed E-state index contributed by atoms with van der Waals surface area (Å²) < 4.78 is 23.1. The van der Waals surface area contributed by atoms with Gasteiger partial charge in [-0.25, -0.2) is 18.4 Å². The number of aromatic nitrogens is 2.